The van der Waals surface area contributed by atoms with Gasteiger partial charge in [-0.25, -0.2) is 0 Å². The van der Waals surface area contributed by atoms with Crippen molar-refractivity contribution in [3.63, 3.8) is 0 Å². The molecule has 1 atom stereocenters. The number of benzene rings is 1. The van der Waals surface area contributed by atoms with Crippen LogP contribution in [-0.4, -0.2) is 29.8 Å². The van der Waals surface area contributed by atoms with Gasteiger partial charge < -0.3 is 10.4 Å². The van der Waals surface area contributed by atoms with Crippen LogP contribution in [0.2, 0.25) is 0 Å². The van der Waals surface area contributed by atoms with Crippen molar-refractivity contribution in [2.45, 2.75) is 19.1 Å². The molecule has 1 unspecified atom stereocenters. The molecule has 0 aliphatic carbocycles. The van der Waals surface area contributed by atoms with E-state index in [-0.39, 0.29) is 12.5 Å². The van der Waals surface area contributed by atoms with E-state index in [4.69, 9.17) is 5.11 Å². The van der Waals surface area contributed by atoms with E-state index < -0.39 is 11.9 Å². The van der Waals surface area contributed by atoms with Crippen molar-refractivity contribution in [2.75, 3.05) is 12.8 Å². The minimum atomic E-state index is -0.877. The summed E-state index contributed by atoms with van der Waals surface area (Å²) < 4.78 is 0. The molecule has 0 aliphatic heterocycles. The predicted octanol–water partition coefficient (Wildman–Crippen LogP) is 2.39. The number of hydrogen-bond donors (Lipinski definition) is 2. The number of carbonyl (C=O) groups excluding carboxylic acids is 1. The van der Waals surface area contributed by atoms with E-state index in [0.29, 0.717) is 12.0 Å². The average molecular weight is 281 g/mol. The molecule has 0 aliphatic rings. The van der Waals surface area contributed by atoms with Gasteiger partial charge in [-0.1, -0.05) is 19.1 Å². The van der Waals surface area contributed by atoms with Crippen LogP contribution in [0.5, 0.6) is 0 Å². The Bertz CT molecular complexity index is 431. The van der Waals surface area contributed by atoms with E-state index in [1.807, 2.05) is 18.4 Å². The molecular formula is C14H19NO3S. The highest BCUT2D eigenvalue weighted by atomic mass is 32.2. The first-order valence-electron chi connectivity index (χ1n) is 6.17. The number of nitrogens with one attached hydrogen (secondary N) is 1. The maximum atomic E-state index is 11.8. The molecule has 104 valence electrons. The molecule has 0 aromatic heterocycles. The highest BCUT2D eigenvalue weighted by molar-refractivity contribution is 7.97. The third-order valence-electron chi connectivity index (χ3n) is 2.88. The van der Waals surface area contributed by atoms with Gasteiger partial charge in [-0.3, -0.25) is 9.59 Å². The fourth-order valence-electron chi connectivity index (χ4n) is 1.64. The van der Waals surface area contributed by atoms with E-state index in [2.05, 4.69) is 5.32 Å². The summed E-state index contributed by atoms with van der Waals surface area (Å²) >= 11 is 1.72. The Hall–Kier alpha value is -1.49. The number of carbonyl (C=O) groups is 2. The topological polar surface area (TPSA) is 66.4 Å². The third kappa shape index (κ3) is 4.95. The lowest BCUT2D eigenvalue weighted by atomic mass is 10.1. The molecule has 19 heavy (non-hydrogen) atoms. The summed E-state index contributed by atoms with van der Waals surface area (Å²) in [5, 5.41) is 11.6. The van der Waals surface area contributed by atoms with Crippen LogP contribution in [0.4, 0.5) is 0 Å². The highest BCUT2D eigenvalue weighted by Crippen LogP contribution is 2.10. The van der Waals surface area contributed by atoms with Crippen LogP contribution >= 0.6 is 11.8 Å². The maximum Gasteiger partial charge on any atom is 0.308 e. The standard InChI is InChI=1S/C14H19NO3S/c1-3-11(14(17)18)8-15-13(16)12-6-4-10(5-7-12)9-19-2/h4-7,11H,3,8-9H2,1-2H3,(H,15,16)(H,17,18). The zero-order valence-corrected chi connectivity index (χ0v) is 12.0. The van der Waals surface area contributed by atoms with Crippen molar-refractivity contribution in [1.82, 2.24) is 5.32 Å². The second kappa shape index (κ2) is 7.84. The lowest BCUT2D eigenvalue weighted by Crippen LogP contribution is -2.32. The van der Waals surface area contributed by atoms with Gasteiger partial charge in [0.05, 0.1) is 5.92 Å². The van der Waals surface area contributed by atoms with Crippen LogP contribution in [0.3, 0.4) is 0 Å². The van der Waals surface area contributed by atoms with Crippen molar-refractivity contribution in [1.29, 1.82) is 0 Å². The molecule has 0 fully saturated rings. The summed E-state index contributed by atoms with van der Waals surface area (Å²) in [6.07, 6.45) is 2.53. The number of rotatable bonds is 7. The van der Waals surface area contributed by atoms with Crippen LogP contribution in [0.15, 0.2) is 24.3 Å². The van der Waals surface area contributed by atoms with Crippen LogP contribution in [-0.2, 0) is 10.5 Å². The van der Waals surface area contributed by atoms with Crippen LogP contribution in [0.1, 0.15) is 29.3 Å². The van der Waals surface area contributed by atoms with Gasteiger partial charge in [0, 0.05) is 17.9 Å². The maximum absolute atomic E-state index is 11.8. The number of aliphatic carboxylic acids is 1. The molecule has 1 amide bonds. The quantitative estimate of drug-likeness (QED) is 0.805. The number of thioether (sulfide) groups is 1. The Morgan fingerprint density at radius 3 is 2.42 bits per heavy atom. The normalized spacial score (nSPS) is 11.9. The molecule has 1 aromatic rings. The fourth-order valence-corrected chi connectivity index (χ4v) is 2.17. The molecular weight excluding hydrogens is 262 g/mol. The first kappa shape index (κ1) is 15.6. The SMILES string of the molecule is CCC(CNC(=O)c1ccc(CSC)cc1)C(=O)O. The Balaban J connectivity index is 2.55. The van der Waals surface area contributed by atoms with E-state index in [1.54, 1.807) is 30.8 Å². The van der Waals surface area contributed by atoms with Crippen LogP contribution in [0, 0.1) is 5.92 Å². The lowest BCUT2D eigenvalue weighted by Gasteiger charge is -2.11. The highest BCUT2D eigenvalue weighted by Gasteiger charge is 2.16. The number of amides is 1. The van der Waals surface area contributed by atoms with Gasteiger partial charge >= 0.3 is 5.97 Å². The van der Waals surface area contributed by atoms with E-state index in [0.717, 1.165) is 5.75 Å². The van der Waals surface area contributed by atoms with Crippen LogP contribution < -0.4 is 5.32 Å². The monoisotopic (exact) mass is 281 g/mol. The molecule has 0 spiro atoms. The second-order valence-corrected chi connectivity index (χ2v) is 5.15. The van der Waals surface area contributed by atoms with Gasteiger partial charge in [-0.15, -0.1) is 0 Å². The summed E-state index contributed by atoms with van der Waals surface area (Å²) in [7, 11) is 0. The molecule has 1 aromatic carbocycles. The number of carboxylic acids is 1. The van der Waals surface area contributed by atoms with Gasteiger partial charge in [0.2, 0.25) is 0 Å². The molecule has 0 bridgehead atoms. The minimum absolute atomic E-state index is 0.164. The van der Waals surface area contributed by atoms with Gasteiger partial charge in [0.25, 0.3) is 5.91 Å². The van der Waals surface area contributed by atoms with Crippen molar-refractivity contribution >= 4 is 23.6 Å². The van der Waals surface area contributed by atoms with E-state index >= 15 is 0 Å². The smallest absolute Gasteiger partial charge is 0.308 e. The average Bonchev–Trinajstić information content (AvgIpc) is 2.40. The molecule has 0 radical (unpaired) electrons. The van der Waals surface area contributed by atoms with E-state index in [9.17, 15) is 9.59 Å². The van der Waals surface area contributed by atoms with Gasteiger partial charge in [-0.05, 0) is 30.4 Å². The van der Waals surface area contributed by atoms with Crippen molar-refractivity contribution < 1.29 is 14.7 Å². The third-order valence-corrected chi connectivity index (χ3v) is 3.50. The lowest BCUT2D eigenvalue weighted by molar-refractivity contribution is -0.141. The van der Waals surface area contributed by atoms with Crippen molar-refractivity contribution in [3.8, 4) is 0 Å². The zero-order valence-electron chi connectivity index (χ0n) is 11.2. The summed E-state index contributed by atoms with van der Waals surface area (Å²) in [5.41, 5.74) is 1.73. The summed E-state index contributed by atoms with van der Waals surface area (Å²) in [4.78, 5) is 22.7. The molecule has 2 N–H and O–H groups in total. The Morgan fingerprint density at radius 1 is 1.32 bits per heavy atom. The summed E-state index contributed by atoms with van der Waals surface area (Å²) in [5.74, 6) is -0.716. The molecule has 1 rings (SSSR count). The summed E-state index contributed by atoms with van der Waals surface area (Å²) in [6, 6.07) is 7.37. The van der Waals surface area contributed by atoms with Gasteiger partial charge in [0.1, 0.15) is 0 Å². The van der Waals surface area contributed by atoms with E-state index in [1.165, 1.54) is 5.56 Å². The predicted molar refractivity (Wildman–Crippen MR) is 77.4 cm³/mol. The fraction of sp³-hybridized carbons (Fsp3) is 0.429. The molecule has 0 saturated heterocycles. The molecule has 4 nitrogen and oxygen atoms in total. The summed E-state index contributed by atoms with van der Waals surface area (Å²) in [6.45, 7) is 1.96. The Morgan fingerprint density at radius 2 is 1.95 bits per heavy atom. The molecule has 0 heterocycles. The number of hydrogen-bond acceptors (Lipinski definition) is 3. The molecule has 5 heteroatoms. The second-order valence-electron chi connectivity index (χ2n) is 4.28. The van der Waals surface area contributed by atoms with Crippen LogP contribution in [0.25, 0.3) is 0 Å². The Kier molecular flexibility index (Phi) is 6.42. The largest absolute Gasteiger partial charge is 0.481 e. The van der Waals surface area contributed by atoms with Gasteiger partial charge in [-0.2, -0.15) is 11.8 Å². The minimum Gasteiger partial charge on any atom is -0.481 e. The molecule has 0 saturated carbocycles. The Labute approximate surface area is 117 Å². The van der Waals surface area contributed by atoms with Crippen molar-refractivity contribution in [3.05, 3.63) is 35.4 Å². The van der Waals surface area contributed by atoms with Gasteiger partial charge in [0.15, 0.2) is 0 Å². The van der Waals surface area contributed by atoms with Crippen molar-refractivity contribution in [2.24, 2.45) is 5.92 Å². The first-order chi connectivity index (χ1) is 9.08. The first-order valence-corrected chi connectivity index (χ1v) is 7.56. The zero-order chi connectivity index (χ0) is 14.3. The number of carboxylic acid groups (broad SMARTS) is 1.